The lowest BCUT2D eigenvalue weighted by Gasteiger charge is -1.89. The second-order valence-corrected chi connectivity index (χ2v) is 2.06. The standard InChI is InChI=1S/C7H3F2NO/c8-4-1-2-5-7(6(4)9)10-3-11-5/h1-3H. The van der Waals surface area contributed by atoms with Gasteiger partial charge in [0.05, 0.1) is 0 Å². The molecule has 1 heterocycles. The van der Waals surface area contributed by atoms with Crippen LogP contribution >= 0.6 is 0 Å². The highest BCUT2D eigenvalue weighted by atomic mass is 19.2. The second-order valence-electron chi connectivity index (χ2n) is 2.06. The van der Waals surface area contributed by atoms with Crippen molar-refractivity contribution in [1.82, 2.24) is 4.98 Å². The summed E-state index contributed by atoms with van der Waals surface area (Å²) in [5.41, 5.74) is 0.189. The van der Waals surface area contributed by atoms with Crippen LogP contribution in [0, 0.1) is 11.6 Å². The van der Waals surface area contributed by atoms with E-state index in [4.69, 9.17) is 4.42 Å². The Balaban J connectivity index is 2.93. The monoisotopic (exact) mass is 155 g/mol. The van der Waals surface area contributed by atoms with Gasteiger partial charge in [-0.1, -0.05) is 0 Å². The Hall–Kier alpha value is -1.45. The molecule has 2 rings (SSSR count). The summed E-state index contributed by atoms with van der Waals surface area (Å²) in [6, 6.07) is 2.34. The van der Waals surface area contributed by atoms with Crippen molar-refractivity contribution >= 4 is 11.1 Å². The molecule has 0 saturated carbocycles. The minimum atomic E-state index is -0.962. The molecule has 2 nitrogen and oxygen atoms in total. The first-order chi connectivity index (χ1) is 5.29. The molecule has 0 aliphatic carbocycles. The number of fused-ring (bicyclic) bond motifs is 1. The summed E-state index contributed by atoms with van der Waals surface area (Å²) in [6.07, 6.45) is 1.08. The van der Waals surface area contributed by atoms with Gasteiger partial charge in [0.15, 0.2) is 23.6 Å². The number of rotatable bonds is 0. The maximum Gasteiger partial charge on any atom is 0.188 e. The zero-order valence-corrected chi connectivity index (χ0v) is 5.34. The fourth-order valence-electron chi connectivity index (χ4n) is 0.873. The number of aromatic nitrogens is 1. The van der Waals surface area contributed by atoms with Gasteiger partial charge in [0.25, 0.3) is 0 Å². The van der Waals surface area contributed by atoms with E-state index in [1.807, 2.05) is 0 Å². The number of hydrogen-bond acceptors (Lipinski definition) is 2. The zero-order valence-electron chi connectivity index (χ0n) is 5.34. The molecule has 0 fully saturated rings. The van der Waals surface area contributed by atoms with Crippen molar-refractivity contribution in [1.29, 1.82) is 0 Å². The Morgan fingerprint density at radius 3 is 2.91 bits per heavy atom. The summed E-state index contributed by atoms with van der Waals surface area (Å²) in [5.74, 6) is -1.87. The van der Waals surface area contributed by atoms with Gasteiger partial charge in [-0.15, -0.1) is 0 Å². The van der Waals surface area contributed by atoms with Gasteiger partial charge in [-0.2, -0.15) is 0 Å². The predicted octanol–water partition coefficient (Wildman–Crippen LogP) is 2.11. The highest BCUT2D eigenvalue weighted by Gasteiger charge is 2.09. The van der Waals surface area contributed by atoms with Crippen molar-refractivity contribution in [3.63, 3.8) is 0 Å². The van der Waals surface area contributed by atoms with Crippen LogP contribution in [-0.2, 0) is 0 Å². The Labute approximate surface area is 60.5 Å². The highest BCUT2D eigenvalue weighted by Crippen LogP contribution is 2.17. The van der Waals surface area contributed by atoms with Gasteiger partial charge < -0.3 is 4.42 Å². The third-order valence-corrected chi connectivity index (χ3v) is 1.39. The normalized spacial score (nSPS) is 10.7. The van der Waals surface area contributed by atoms with Crippen LogP contribution in [0.2, 0.25) is 0 Å². The molecule has 0 N–H and O–H groups in total. The number of hydrogen-bond donors (Lipinski definition) is 0. The van der Waals surface area contributed by atoms with E-state index in [0.717, 1.165) is 12.5 Å². The molecule has 0 saturated heterocycles. The Kier molecular flexibility index (Phi) is 1.15. The molecule has 0 amide bonds. The number of oxazole rings is 1. The summed E-state index contributed by atoms with van der Waals surface area (Å²) in [7, 11) is 0. The molecular weight excluding hydrogens is 152 g/mol. The van der Waals surface area contributed by atoms with E-state index in [9.17, 15) is 8.78 Å². The molecule has 2 aromatic rings. The van der Waals surface area contributed by atoms with Gasteiger partial charge in [0, 0.05) is 0 Å². The lowest BCUT2D eigenvalue weighted by Crippen LogP contribution is -1.83. The molecule has 0 aliphatic rings. The van der Waals surface area contributed by atoms with Crippen molar-refractivity contribution in [2.45, 2.75) is 0 Å². The molecular formula is C7H3F2NO. The highest BCUT2D eigenvalue weighted by molar-refractivity contribution is 5.72. The molecule has 0 bridgehead atoms. The van der Waals surface area contributed by atoms with Gasteiger partial charge in [-0.25, -0.2) is 13.8 Å². The fourth-order valence-corrected chi connectivity index (χ4v) is 0.873. The van der Waals surface area contributed by atoms with Gasteiger partial charge in [-0.3, -0.25) is 0 Å². The van der Waals surface area contributed by atoms with Gasteiger partial charge >= 0.3 is 0 Å². The molecule has 0 spiro atoms. The maximum atomic E-state index is 12.7. The lowest BCUT2D eigenvalue weighted by atomic mass is 10.3. The SMILES string of the molecule is Fc1ccc2ocnc2c1F. The summed E-state index contributed by atoms with van der Waals surface area (Å²) >= 11 is 0. The Morgan fingerprint density at radius 1 is 1.27 bits per heavy atom. The molecule has 1 aromatic heterocycles. The van der Waals surface area contributed by atoms with Crippen LogP contribution in [0.15, 0.2) is 22.9 Å². The molecule has 0 unspecified atom stereocenters. The van der Waals surface area contributed by atoms with Crippen molar-refractivity contribution < 1.29 is 13.2 Å². The van der Waals surface area contributed by atoms with Crippen LogP contribution in [-0.4, -0.2) is 4.98 Å². The van der Waals surface area contributed by atoms with Gasteiger partial charge in [0.2, 0.25) is 0 Å². The molecule has 4 heteroatoms. The Morgan fingerprint density at radius 2 is 2.09 bits per heavy atom. The average Bonchev–Trinajstić information content (AvgIpc) is 2.45. The van der Waals surface area contributed by atoms with Crippen LogP contribution in [0.4, 0.5) is 8.78 Å². The first kappa shape index (κ1) is 6.27. The third kappa shape index (κ3) is 0.790. The minimum Gasteiger partial charge on any atom is -0.443 e. The van der Waals surface area contributed by atoms with Gasteiger partial charge in [-0.05, 0) is 12.1 Å². The largest absolute Gasteiger partial charge is 0.443 e. The van der Waals surface area contributed by atoms with Gasteiger partial charge in [0.1, 0.15) is 5.52 Å². The van der Waals surface area contributed by atoms with Crippen LogP contribution in [0.25, 0.3) is 11.1 Å². The smallest absolute Gasteiger partial charge is 0.188 e. The third-order valence-electron chi connectivity index (χ3n) is 1.39. The average molecular weight is 155 g/mol. The Bertz CT molecular complexity index is 396. The van der Waals surface area contributed by atoms with Crippen LogP contribution in [0.5, 0.6) is 0 Å². The minimum absolute atomic E-state index is 0.0648. The summed E-state index contributed by atoms with van der Waals surface area (Å²) in [6.45, 7) is 0. The van der Waals surface area contributed by atoms with E-state index in [2.05, 4.69) is 4.98 Å². The van der Waals surface area contributed by atoms with E-state index in [-0.39, 0.29) is 11.1 Å². The maximum absolute atomic E-state index is 12.7. The lowest BCUT2D eigenvalue weighted by molar-refractivity contribution is 0.514. The number of halogens is 2. The van der Waals surface area contributed by atoms with E-state index in [1.54, 1.807) is 0 Å². The van der Waals surface area contributed by atoms with Crippen molar-refractivity contribution in [2.75, 3.05) is 0 Å². The molecule has 56 valence electrons. The number of benzene rings is 1. The van der Waals surface area contributed by atoms with E-state index in [1.165, 1.54) is 6.07 Å². The molecule has 11 heavy (non-hydrogen) atoms. The number of nitrogens with zero attached hydrogens (tertiary/aromatic N) is 1. The molecule has 0 aliphatic heterocycles. The summed E-state index contributed by atoms with van der Waals surface area (Å²) < 4.78 is 29.9. The predicted molar refractivity (Wildman–Crippen MR) is 33.9 cm³/mol. The van der Waals surface area contributed by atoms with E-state index in [0.29, 0.717) is 0 Å². The molecule has 0 radical (unpaired) electrons. The summed E-state index contributed by atoms with van der Waals surface area (Å²) in [5, 5.41) is 0. The second kappa shape index (κ2) is 2.02. The van der Waals surface area contributed by atoms with Crippen LogP contribution in [0.3, 0.4) is 0 Å². The molecule has 1 aromatic carbocycles. The first-order valence-corrected chi connectivity index (χ1v) is 2.96. The van der Waals surface area contributed by atoms with Crippen molar-refractivity contribution in [3.8, 4) is 0 Å². The van der Waals surface area contributed by atoms with Crippen molar-refractivity contribution in [3.05, 3.63) is 30.2 Å². The van der Waals surface area contributed by atoms with E-state index < -0.39 is 11.6 Å². The van der Waals surface area contributed by atoms with Crippen LogP contribution < -0.4 is 0 Å². The topological polar surface area (TPSA) is 26.0 Å². The van der Waals surface area contributed by atoms with E-state index >= 15 is 0 Å². The fraction of sp³-hybridized carbons (Fsp3) is 0. The quantitative estimate of drug-likeness (QED) is 0.582. The summed E-state index contributed by atoms with van der Waals surface area (Å²) in [4.78, 5) is 3.50. The zero-order chi connectivity index (χ0) is 7.84. The van der Waals surface area contributed by atoms with Crippen LogP contribution in [0.1, 0.15) is 0 Å². The molecule has 0 atom stereocenters. The van der Waals surface area contributed by atoms with Crippen molar-refractivity contribution in [2.24, 2.45) is 0 Å². The first-order valence-electron chi connectivity index (χ1n) is 2.96.